The average Bonchev–Trinajstić information content (AvgIpc) is 3.14. The van der Waals surface area contributed by atoms with Gasteiger partial charge in [0.15, 0.2) is 11.8 Å². The molecule has 6 nitrogen and oxygen atoms in total. The third kappa shape index (κ3) is 6.00. The van der Waals surface area contributed by atoms with E-state index in [1.807, 2.05) is 30.3 Å². The first-order valence-electron chi connectivity index (χ1n) is 9.79. The number of nitrogens with one attached hydrogen (secondary N) is 2. The van der Waals surface area contributed by atoms with E-state index >= 15 is 0 Å². The van der Waals surface area contributed by atoms with Gasteiger partial charge < -0.3 is 15.4 Å². The van der Waals surface area contributed by atoms with Crippen LogP contribution in [0.15, 0.2) is 82.7 Å². The Morgan fingerprint density at radius 2 is 1.88 bits per heavy atom. The summed E-state index contributed by atoms with van der Waals surface area (Å²) in [6, 6.07) is 20.1. The van der Waals surface area contributed by atoms with Crippen LogP contribution in [-0.4, -0.2) is 23.6 Å². The van der Waals surface area contributed by atoms with Crippen molar-refractivity contribution in [3.63, 3.8) is 0 Å². The second-order valence-electron chi connectivity index (χ2n) is 6.82. The van der Waals surface area contributed by atoms with E-state index in [9.17, 15) is 14.0 Å². The van der Waals surface area contributed by atoms with Crippen molar-refractivity contribution in [2.24, 2.45) is 4.99 Å². The number of aliphatic imine (C=N–C) groups is 1. The third-order valence-electron chi connectivity index (χ3n) is 4.40. The molecule has 4 rings (SSSR count). The molecular weight excluding hydrogens is 465 g/mol. The Bertz CT molecular complexity index is 1260. The highest BCUT2D eigenvalue weighted by Gasteiger charge is 2.24. The Kier molecular flexibility index (Phi) is 7.07. The van der Waals surface area contributed by atoms with Gasteiger partial charge in [-0.05, 0) is 59.8 Å². The second-order valence-corrected chi connectivity index (χ2v) is 8.26. The Morgan fingerprint density at radius 1 is 1.12 bits per heavy atom. The van der Waals surface area contributed by atoms with Gasteiger partial charge in [-0.15, -0.1) is 0 Å². The fourth-order valence-corrected chi connectivity index (χ4v) is 3.95. The molecule has 1 aliphatic heterocycles. The van der Waals surface area contributed by atoms with E-state index in [1.54, 1.807) is 30.3 Å². The zero-order chi connectivity index (χ0) is 23.2. The number of anilines is 1. The summed E-state index contributed by atoms with van der Waals surface area (Å²) in [6.45, 7) is -0.341. The van der Waals surface area contributed by atoms with Gasteiger partial charge in [0.05, 0.1) is 21.3 Å². The van der Waals surface area contributed by atoms with Gasteiger partial charge in [-0.1, -0.05) is 48.0 Å². The molecule has 9 heteroatoms. The molecule has 33 heavy (non-hydrogen) atoms. The lowest BCUT2D eigenvalue weighted by atomic mass is 10.2. The number of carbonyl (C=O) groups is 2. The molecule has 1 saturated heterocycles. The molecule has 0 bridgehead atoms. The van der Waals surface area contributed by atoms with E-state index in [2.05, 4.69) is 15.6 Å². The minimum Gasteiger partial charge on any atom is -0.482 e. The Hall–Kier alpha value is -3.62. The number of thioether (sulfide) groups is 1. The van der Waals surface area contributed by atoms with Gasteiger partial charge in [0.2, 0.25) is 0 Å². The van der Waals surface area contributed by atoms with Crippen LogP contribution in [-0.2, 0) is 9.59 Å². The molecule has 1 fully saturated rings. The van der Waals surface area contributed by atoms with Crippen molar-refractivity contribution < 1.29 is 18.7 Å². The molecule has 2 amide bonds. The smallest absolute Gasteiger partial charge is 0.264 e. The number of halogens is 2. The monoisotopic (exact) mass is 481 g/mol. The minimum atomic E-state index is -0.535. The van der Waals surface area contributed by atoms with E-state index < -0.39 is 11.7 Å². The van der Waals surface area contributed by atoms with Gasteiger partial charge in [0.1, 0.15) is 11.6 Å². The molecule has 0 atom stereocenters. The molecule has 0 radical (unpaired) electrons. The first-order valence-corrected chi connectivity index (χ1v) is 11.0. The molecule has 0 spiro atoms. The number of ether oxygens (including phenoxy) is 1. The molecule has 0 aliphatic carbocycles. The molecule has 0 saturated carbocycles. The highest BCUT2D eigenvalue weighted by molar-refractivity contribution is 8.18. The Labute approximate surface area is 198 Å². The lowest BCUT2D eigenvalue weighted by Gasteiger charge is -2.10. The lowest BCUT2D eigenvalue weighted by molar-refractivity contribution is -0.118. The van der Waals surface area contributed by atoms with Crippen molar-refractivity contribution in [1.82, 2.24) is 5.32 Å². The summed E-state index contributed by atoms with van der Waals surface area (Å²) >= 11 is 7.51. The molecule has 1 heterocycles. The predicted octanol–water partition coefficient (Wildman–Crippen LogP) is 5.39. The highest BCUT2D eigenvalue weighted by atomic mass is 35.5. The standard InChI is InChI=1S/C24H17ClFN3O3S/c25-17-12-15(13-21-23(31)29-24(33-21)27-16-6-2-1-3-7-16)10-11-20(17)32-14-22(30)28-19-9-5-4-8-18(19)26/h1-13H,14H2,(H,28,30)(H,27,29,31)/b21-13-. The van der Waals surface area contributed by atoms with Crippen LogP contribution in [0, 0.1) is 5.82 Å². The van der Waals surface area contributed by atoms with Crippen LogP contribution in [0.1, 0.15) is 5.56 Å². The quantitative estimate of drug-likeness (QED) is 0.463. The summed E-state index contributed by atoms with van der Waals surface area (Å²) < 4.78 is 19.1. The van der Waals surface area contributed by atoms with Crippen LogP contribution in [0.5, 0.6) is 5.75 Å². The number of amides is 2. The Morgan fingerprint density at radius 3 is 2.64 bits per heavy atom. The predicted molar refractivity (Wildman–Crippen MR) is 129 cm³/mol. The minimum absolute atomic E-state index is 0.0710. The summed E-state index contributed by atoms with van der Waals surface area (Å²) in [4.78, 5) is 29.2. The lowest BCUT2D eigenvalue weighted by Crippen LogP contribution is -2.20. The summed E-state index contributed by atoms with van der Waals surface area (Å²) in [5.41, 5.74) is 1.49. The van der Waals surface area contributed by atoms with E-state index in [0.29, 0.717) is 15.6 Å². The van der Waals surface area contributed by atoms with Gasteiger partial charge in [-0.2, -0.15) is 0 Å². The number of nitrogens with zero attached hydrogens (tertiary/aromatic N) is 1. The van der Waals surface area contributed by atoms with Crippen LogP contribution in [0.3, 0.4) is 0 Å². The van der Waals surface area contributed by atoms with Crippen LogP contribution < -0.4 is 15.4 Å². The van der Waals surface area contributed by atoms with Crippen molar-refractivity contribution >= 4 is 57.8 Å². The van der Waals surface area contributed by atoms with E-state index in [1.165, 1.54) is 30.0 Å². The van der Waals surface area contributed by atoms with Crippen molar-refractivity contribution in [1.29, 1.82) is 0 Å². The van der Waals surface area contributed by atoms with Gasteiger partial charge >= 0.3 is 0 Å². The molecule has 2 N–H and O–H groups in total. The van der Waals surface area contributed by atoms with Gasteiger partial charge in [0, 0.05) is 0 Å². The first kappa shape index (κ1) is 22.6. The maximum absolute atomic E-state index is 13.6. The van der Waals surface area contributed by atoms with Crippen molar-refractivity contribution in [2.45, 2.75) is 0 Å². The average molecular weight is 482 g/mol. The normalized spacial score (nSPS) is 15.5. The maximum Gasteiger partial charge on any atom is 0.264 e. The Balaban J connectivity index is 1.39. The van der Waals surface area contributed by atoms with Crippen molar-refractivity contribution in [2.75, 3.05) is 11.9 Å². The maximum atomic E-state index is 13.6. The zero-order valence-corrected chi connectivity index (χ0v) is 18.6. The summed E-state index contributed by atoms with van der Waals surface area (Å²) in [7, 11) is 0. The SMILES string of the molecule is O=C(COc1ccc(/C=C2\SC(=Nc3ccccc3)NC2=O)cc1Cl)Nc1ccccc1F. The van der Waals surface area contributed by atoms with Crippen LogP contribution >= 0.6 is 23.4 Å². The molecule has 0 aromatic heterocycles. The van der Waals surface area contributed by atoms with Gasteiger partial charge in [0.25, 0.3) is 11.8 Å². The number of benzene rings is 3. The van der Waals surface area contributed by atoms with Crippen LogP contribution in [0.25, 0.3) is 6.08 Å². The number of hydrogen-bond acceptors (Lipinski definition) is 5. The topological polar surface area (TPSA) is 79.8 Å². The van der Waals surface area contributed by atoms with E-state index in [0.717, 1.165) is 5.69 Å². The van der Waals surface area contributed by atoms with Crippen LogP contribution in [0.4, 0.5) is 15.8 Å². The van der Waals surface area contributed by atoms with Gasteiger partial charge in [-0.3, -0.25) is 9.59 Å². The summed E-state index contributed by atoms with van der Waals surface area (Å²) in [5.74, 6) is -1.02. The number of carbonyl (C=O) groups excluding carboxylic acids is 2. The molecule has 0 unspecified atom stereocenters. The zero-order valence-electron chi connectivity index (χ0n) is 17.0. The summed E-state index contributed by atoms with van der Waals surface area (Å²) in [6.07, 6.45) is 1.69. The van der Waals surface area contributed by atoms with E-state index in [4.69, 9.17) is 16.3 Å². The molecule has 3 aromatic rings. The second kappa shape index (κ2) is 10.3. The largest absolute Gasteiger partial charge is 0.482 e. The molecule has 1 aliphatic rings. The number of amidine groups is 1. The number of hydrogen-bond donors (Lipinski definition) is 2. The van der Waals surface area contributed by atoms with Crippen molar-refractivity contribution in [3.8, 4) is 5.75 Å². The van der Waals surface area contributed by atoms with Crippen LogP contribution in [0.2, 0.25) is 5.02 Å². The fraction of sp³-hybridized carbons (Fsp3) is 0.0417. The number of para-hydroxylation sites is 2. The molecular formula is C24H17ClFN3O3S. The van der Waals surface area contributed by atoms with E-state index in [-0.39, 0.29) is 29.0 Å². The van der Waals surface area contributed by atoms with Crippen molar-refractivity contribution in [3.05, 3.63) is 94.1 Å². The highest BCUT2D eigenvalue weighted by Crippen LogP contribution is 2.31. The molecule has 3 aromatic carbocycles. The summed E-state index contributed by atoms with van der Waals surface area (Å²) in [5, 5.41) is 5.93. The fourth-order valence-electron chi connectivity index (χ4n) is 2.87. The van der Waals surface area contributed by atoms with Gasteiger partial charge in [-0.25, -0.2) is 9.38 Å². The third-order valence-corrected chi connectivity index (χ3v) is 5.60. The first-order chi connectivity index (χ1) is 16.0. The molecule has 166 valence electrons. The number of rotatable bonds is 6.